The molecule has 0 saturated carbocycles. The van der Waals surface area contributed by atoms with E-state index in [-0.39, 0.29) is 5.91 Å². The Morgan fingerprint density at radius 1 is 0.880 bits per heavy atom. The van der Waals surface area contributed by atoms with Crippen molar-refractivity contribution in [2.45, 2.75) is 17.2 Å². The third-order valence-electron chi connectivity index (χ3n) is 3.77. The smallest absolute Gasteiger partial charge is 0.252 e. The zero-order valence-electron chi connectivity index (χ0n) is 13.6. The predicted octanol–water partition coefficient (Wildman–Crippen LogP) is 5.56. The van der Waals surface area contributed by atoms with Crippen LogP contribution in [-0.2, 0) is 12.3 Å². The highest BCUT2D eigenvalue weighted by Crippen LogP contribution is 2.26. The summed E-state index contributed by atoms with van der Waals surface area (Å²) in [4.78, 5) is 13.6. The second-order valence-corrected chi connectivity index (χ2v) is 6.97. The van der Waals surface area contributed by atoms with E-state index in [9.17, 15) is 4.79 Å². The van der Waals surface area contributed by atoms with Crippen molar-refractivity contribution < 1.29 is 4.79 Å². The van der Waals surface area contributed by atoms with Gasteiger partial charge in [-0.1, -0.05) is 72.3 Å². The molecule has 0 radical (unpaired) electrons. The molecule has 0 aliphatic carbocycles. The minimum atomic E-state index is -0.0870. The molecular formula is C21H18ClNOS. The average Bonchev–Trinajstić information content (AvgIpc) is 2.66. The molecule has 0 fully saturated rings. The number of carbonyl (C=O) groups is 1. The van der Waals surface area contributed by atoms with Crippen molar-refractivity contribution in [2.24, 2.45) is 0 Å². The Balaban J connectivity index is 1.67. The summed E-state index contributed by atoms with van der Waals surface area (Å²) in [5.41, 5.74) is 2.83. The van der Waals surface area contributed by atoms with Crippen molar-refractivity contribution in [1.82, 2.24) is 5.32 Å². The van der Waals surface area contributed by atoms with Crippen LogP contribution in [0.1, 0.15) is 21.5 Å². The number of halogens is 1. The van der Waals surface area contributed by atoms with Crippen molar-refractivity contribution in [3.8, 4) is 0 Å². The molecule has 2 nitrogen and oxygen atoms in total. The van der Waals surface area contributed by atoms with Crippen LogP contribution in [0, 0.1) is 0 Å². The maximum absolute atomic E-state index is 12.6. The first-order valence-corrected chi connectivity index (χ1v) is 9.38. The van der Waals surface area contributed by atoms with Gasteiger partial charge in [0, 0.05) is 22.2 Å². The summed E-state index contributed by atoms with van der Waals surface area (Å²) in [5.74, 6) is 0.742. The Hall–Kier alpha value is -2.23. The van der Waals surface area contributed by atoms with Gasteiger partial charge in [0.1, 0.15) is 0 Å². The number of hydrogen-bond donors (Lipinski definition) is 1. The van der Waals surface area contributed by atoms with E-state index in [4.69, 9.17) is 11.6 Å². The minimum absolute atomic E-state index is 0.0870. The molecule has 0 unspecified atom stereocenters. The minimum Gasteiger partial charge on any atom is -0.348 e. The molecule has 0 aliphatic heterocycles. The van der Waals surface area contributed by atoms with Gasteiger partial charge in [0.25, 0.3) is 5.91 Å². The van der Waals surface area contributed by atoms with Gasteiger partial charge in [0.2, 0.25) is 0 Å². The van der Waals surface area contributed by atoms with Gasteiger partial charge in [-0.25, -0.2) is 0 Å². The molecule has 0 aliphatic rings. The second-order valence-electron chi connectivity index (χ2n) is 5.54. The van der Waals surface area contributed by atoms with Crippen LogP contribution in [0.4, 0.5) is 0 Å². The lowest BCUT2D eigenvalue weighted by molar-refractivity contribution is 0.0948. The fourth-order valence-electron chi connectivity index (χ4n) is 2.43. The predicted molar refractivity (Wildman–Crippen MR) is 105 cm³/mol. The quantitative estimate of drug-likeness (QED) is 0.577. The third-order valence-corrected chi connectivity index (χ3v) is 5.28. The van der Waals surface area contributed by atoms with E-state index in [1.165, 1.54) is 5.56 Å². The molecule has 1 amide bonds. The first kappa shape index (κ1) is 17.6. The van der Waals surface area contributed by atoms with E-state index in [2.05, 4.69) is 17.4 Å². The molecule has 3 rings (SSSR count). The molecular weight excluding hydrogens is 350 g/mol. The van der Waals surface area contributed by atoms with Crippen molar-refractivity contribution in [2.75, 3.05) is 0 Å². The van der Waals surface area contributed by atoms with Crippen LogP contribution in [0.5, 0.6) is 0 Å². The lowest BCUT2D eigenvalue weighted by Gasteiger charge is -2.11. The van der Waals surface area contributed by atoms with Crippen molar-refractivity contribution in [3.63, 3.8) is 0 Å². The van der Waals surface area contributed by atoms with Crippen molar-refractivity contribution in [1.29, 1.82) is 0 Å². The number of rotatable bonds is 6. The zero-order chi connectivity index (χ0) is 17.5. The van der Waals surface area contributed by atoms with Gasteiger partial charge >= 0.3 is 0 Å². The number of benzene rings is 3. The lowest BCUT2D eigenvalue weighted by Crippen LogP contribution is -2.23. The first-order chi connectivity index (χ1) is 12.2. The summed E-state index contributed by atoms with van der Waals surface area (Å²) in [5, 5.41) is 3.62. The number of nitrogens with one attached hydrogen (secondary N) is 1. The van der Waals surface area contributed by atoms with Crippen LogP contribution in [0.2, 0.25) is 5.02 Å². The molecule has 0 atom stereocenters. The first-order valence-electron chi connectivity index (χ1n) is 8.01. The highest BCUT2D eigenvalue weighted by Gasteiger charge is 2.11. The van der Waals surface area contributed by atoms with Gasteiger partial charge in [-0.05, 0) is 29.3 Å². The number of carbonyl (C=O) groups excluding carboxylic acids is 1. The number of thioether (sulfide) groups is 1. The second kappa shape index (κ2) is 8.75. The van der Waals surface area contributed by atoms with E-state index in [1.807, 2.05) is 66.7 Å². The van der Waals surface area contributed by atoms with Crippen LogP contribution in [0.25, 0.3) is 0 Å². The summed E-state index contributed by atoms with van der Waals surface area (Å²) in [6, 6.07) is 25.5. The van der Waals surface area contributed by atoms with E-state index < -0.39 is 0 Å². The molecule has 1 N–H and O–H groups in total. The lowest BCUT2D eigenvalue weighted by atomic mass is 10.2. The molecule has 0 aromatic heterocycles. The Morgan fingerprint density at radius 2 is 1.56 bits per heavy atom. The van der Waals surface area contributed by atoms with E-state index in [1.54, 1.807) is 11.8 Å². The standard InChI is InChI=1S/C21H18ClNOS/c22-19-12-6-4-10-17(19)14-23-21(24)18-11-5-7-13-20(18)25-15-16-8-2-1-3-9-16/h1-13H,14-15H2,(H,23,24). The van der Waals surface area contributed by atoms with Crippen LogP contribution in [-0.4, -0.2) is 5.91 Å². The Morgan fingerprint density at radius 3 is 2.36 bits per heavy atom. The highest BCUT2D eigenvalue weighted by molar-refractivity contribution is 7.98. The maximum atomic E-state index is 12.6. The van der Waals surface area contributed by atoms with Gasteiger partial charge in [0.15, 0.2) is 0 Å². The average molecular weight is 368 g/mol. The van der Waals surface area contributed by atoms with Crippen LogP contribution >= 0.6 is 23.4 Å². The molecule has 3 aromatic carbocycles. The molecule has 3 aromatic rings. The van der Waals surface area contributed by atoms with Gasteiger partial charge in [-0.2, -0.15) is 0 Å². The molecule has 0 bridgehead atoms. The summed E-state index contributed by atoms with van der Waals surface area (Å²) < 4.78 is 0. The van der Waals surface area contributed by atoms with Gasteiger partial charge in [0.05, 0.1) is 5.56 Å². The number of amides is 1. The van der Waals surface area contributed by atoms with Crippen LogP contribution < -0.4 is 5.32 Å². The van der Waals surface area contributed by atoms with E-state index >= 15 is 0 Å². The van der Waals surface area contributed by atoms with E-state index in [0.717, 1.165) is 16.2 Å². The monoisotopic (exact) mass is 367 g/mol. The molecule has 0 spiro atoms. The highest BCUT2D eigenvalue weighted by atomic mass is 35.5. The van der Waals surface area contributed by atoms with Gasteiger partial charge < -0.3 is 5.32 Å². The van der Waals surface area contributed by atoms with Gasteiger partial charge in [-0.15, -0.1) is 11.8 Å². The molecule has 0 saturated heterocycles. The Kier molecular flexibility index (Phi) is 6.15. The van der Waals surface area contributed by atoms with Crippen LogP contribution in [0.15, 0.2) is 83.8 Å². The number of hydrogen-bond acceptors (Lipinski definition) is 2. The molecule has 0 heterocycles. The fourth-order valence-corrected chi connectivity index (χ4v) is 3.64. The topological polar surface area (TPSA) is 29.1 Å². The Labute approximate surface area is 157 Å². The normalized spacial score (nSPS) is 10.4. The van der Waals surface area contributed by atoms with E-state index in [0.29, 0.717) is 17.1 Å². The molecule has 4 heteroatoms. The summed E-state index contributed by atoms with van der Waals surface area (Å²) in [7, 11) is 0. The maximum Gasteiger partial charge on any atom is 0.252 e. The van der Waals surface area contributed by atoms with Crippen molar-refractivity contribution >= 4 is 29.3 Å². The molecule has 25 heavy (non-hydrogen) atoms. The zero-order valence-corrected chi connectivity index (χ0v) is 15.2. The molecule has 126 valence electrons. The third kappa shape index (κ3) is 4.88. The Bertz CT molecular complexity index is 851. The summed E-state index contributed by atoms with van der Waals surface area (Å²) in [6.07, 6.45) is 0. The SMILES string of the molecule is O=C(NCc1ccccc1Cl)c1ccccc1SCc1ccccc1. The summed E-state index contributed by atoms with van der Waals surface area (Å²) in [6.45, 7) is 0.413. The fraction of sp³-hybridized carbons (Fsp3) is 0.0952. The largest absolute Gasteiger partial charge is 0.348 e. The van der Waals surface area contributed by atoms with Crippen molar-refractivity contribution in [3.05, 3.63) is 101 Å². The van der Waals surface area contributed by atoms with Crippen LogP contribution in [0.3, 0.4) is 0 Å². The van der Waals surface area contributed by atoms with Gasteiger partial charge in [-0.3, -0.25) is 4.79 Å². The summed E-state index contributed by atoms with van der Waals surface area (Å²) >= 11 is 7.81.